The summed E-state index contributed by atoms with van der Waals surface area (Å²) in [7, 11) is 0. The average molecular weight is 330 g/mol. The number of anilines is 1. The van der Waals surface area contributed by atoms with Crippen LogP contribution in [-0.4, -0.2) is 26.4 Å². The number of imidazole rings is 1. The SMILES string of the molecule is Cc1nc2ccc(Cl)cn2c1C(=O)Nc1ccccc1C(=O)O. The number of nitrogens with one attached hydrogen (secondary N) is 1. The number of carboxylic acids is 1. The highest BCUT2D eigenvalue weighted by molar-refractivity contribution is 6.30. The molecule has 6 nitrogen and oxygen atoms in total. The fourth-order valence-corrected chi connectivity index (χ4v) is 2.53. The standard InChI is InChI=1S/C16H12ClN3O3/c1-9-14(20-8-10(17)6-7-13(20)18-9)15(21)19-12-5-3-2-4-11(12)16(22)23/h2-8H,1H3,(H,19,21)(H,22,23). The molecule has 0 saturated heterocycles. The fourth-order valence-electron chi connectivity index (χ4n) is 2.37. The van der Waals surface area contributed by atoms with Gasteiger partial charge in [-0.3, -0.25) is 9.20 Å². The summed E-state index contributed by atoms with van der Waals surface area (Å²) in [5.74, 6) is -1.57. The summed E-state index contributed by atoms with van der Waals surface area (Å²) in [5, 5.41) is 12.3. The van der Waals surface area contributed by atoms with Crippen LogP contribution in [-0.2, 0) is 0 Å². The van der Waals surface area contributed by atoms with Crippen LogP contribution in [0.1, 0.15) is 26.5 Å². The zero-order chi connectivity index (χ0) is 16.6. The van der Waals surface area contributed by atoms with Gasteiger partial charge in [-0.05, 0) is 31.2 Å². The van der Waals surface area contributed by atoms with Gasteiger partial charge in [0.05, 0.1) is 22.0 Å². The Hall–Kier alpha value is -2.86. The maximum absolute atomic E-state index is 12.6. The lowest BCUT2D eigenvalue weighted by Gasteiger charge is -2.09. The molecule has 0 atom stereocenters. The number of carbonyl (C=O) groups is 2. The van der Waals surface area contributed by atoms with Crippen molar-refractivity contribution in [2.24, 2.45) is 0 Å². The number of rotatable bonds is 3. The van der Waals surface area contributed by atoms with Crippen molar-refractivity contribution in [3.05, 3.63) is 64.6 Å². The zero-order valence-electron chi connectivity index (χ0n) is 12.1. The third-order valence-corrected chi connectivity index (χ3v) is 3.60. The lowest BCUT2D eigenvalue weighted by atomic mass is 10.1. The summed E-state index contributed by atoms with van der Waals surface area (Å²) >= 11 is 5.97. The average Bonchev–Trinajstić information content (AvgIpc) is 2.82. The first-order valence-electron chi connectivity index (χ1n) is 6.75. The van der Waals surface area contributed by atoms with E-state index >= 15 is 0 Å². The van der Waals surface area contributed by atoms with Crippen molar-refractivity contribution in [2.75, 3.05) is 5.32 Å². The smallest absolute Gasteiger partial charge is 0.337 e. The normalized spacial score (nSPS) is 10.7. The minimum atomic E-state index is -1.11. The Bertz CT molecular complexity index is 933. The Labute approximate surface area is 136 Å². The van der Waals surface area contributed by atoms with E-state index in [0.717, 1.165) is 0 Å². The van der Waals surface area contributed by atoms with Gasteiger partial charge in [0.2, 0.25) is 0 Å². The van der Waals surface area contributed by atoms with Gasteiger partial charge in [0, 0.05) is 6.20 Å². The second-order valence-electron chi connectivity index (χ2n) is 4.93. The molecule has 2 N–H and O–H groups in total. The van der Waals surface area contributed by atoms with E-state index in [1.807, 2.05) is 0 Å². The molecule has 23 heavy (non-hydrogen) atoms. The molecule has 0 saturated carbocycles. The van der Waals surface area contributed by atoms with Crippen LogP contribution in [0.15, 0.2) is 42.6 Å². The van der Waals surface area contributed by atoms with Gasteiger partial charge < -0.3 is 10.4 Å². The number of pyridine rings is 1. The van der Waals surface area contributed by atoms with Crippen molar-refractivity contribution in [3.8, 4) is 0 Å². The maximum Gasteiger partial charge on any atom is 0.337 e. The second-order valence-corrected chi connectivity index (χ2v) is 5.36. The van der Waals surface area contributed by atoms with Crippen LogP contribution in [0, 0.1) is 6.92 Å². The van der Waals surface area contributed by atoms with Gasteiger partial charge >= 0.3 is 5.97 Å². The van der Waals surface area contributed by atoms with Crippen molar-refractivity contribution in [1.82, 2.24) is 9.38 Å². The van der Waals surface area contributed by atoms with Crippen LogP contribution in [0.4, 0.5) is 5.69 Å². The lowest BCUT2D eigenvalue weighted by Crippen LogP contribution is -2.17. The van der Waals surface area contributed by atoms with Crippen LogP contribution in [0.2, 0.25) is 5.02 Å². The number of aryl methyl sites for hydroxylation is 1. The molecular formula is C16H12ClN3O3. The van der Waals surface area contributed by atoms with E-state index in [1.165, 1.54) is 12.1 Å². The molecule has 7 heteroatoms. The summed E-state index contributed by atoms with van der Waals surface area (Å²) in [6.45, 7) is 1.71. The molecule has 3 rings (SSSR count). The van der Waals surface area contributed by atoms with Crippen LogP contribution < -0.4 is 5.32 Å². The molecular weight excluding hydrogens is 318 g/mol. The highest BCUT2D eigenvalue weighted by atomic mass is 35.5. The van der Waals surface area contributed by atoms with Gasteiger partial charge in [0.1, 0.15) is 11.3 Å². The number of halogens is 1. The Morgan fingerprint density at radius 2 is 1.96 bits per heavy atom. The number of hydrogen-bond acceptors (Lipinski definition) is 3. The second kappa shape index (κ2) is 5.73. The molecule has 0 aliphatic rings. The van der Waals surface area contributed by atoms with Crippen molar-refractivity contribution in [1.29, 1.82) is 0 Å². The Morgan fingerprint density at radius 3 is 2.70 bits per heavy atom. The van der Waals surface area contributed by atoms with E-state index in [4.69, 9.17) is 11.6 Å². The number of hydrogen-bond donors (Lipinski definition) is 2. The highest BCUT2D eigenvalue weighted by Gasteiger charge is 2.19. The van der Waals surface area contributed by atoms with E-state index in [-0.39, 0.29) is 11.3 Å². The summed E-state index contributed by atoms with van der Waals surface area (Å²) in [6, 6.07) is 9.60. The molecule has 2 aromatic heterocycles. The van der Waals surface area contributed by atoms with Crippen molar-refractivity contribution >= 4 is 34.8 Å². The number of aromatic nitrogens is 2. The van der Waals surface area contributed by atoms with Gasteiger partial charge in [0.15, 0.2) is 0 Å². The number of amides is 1. The van der Waals surface area contributed by atoms with E-state index in [2.05, 4.69) is 10.3 Å². The predicted molar refractivity (Wildman–Crippen MR) is 86.3 cm³/mol. The number of nitrogens with zero attached hydrogens (tertiary/aromatic N) is 2. The first-order chi connectivity index (χ1) is 11.0. The van der Waals surface area contributed by atoms with Gasteiger partial charge in [0.25, 0.3) is 5.91 Å². The Balaban J connectivity index is 2.04. The molecule has 0 fully saturated rings. The molecule has 1 amide bonds. The number of carbonyl (C=O) groups excluding carboxylic acids is 1. The molecule has 0 bridgehead atoms. The number of aromatic carboxylic acids is 1. The molecule has 3 aromatic rings. The Morgan fingerprint density at radius 1 is 1.22 bits per heavy atom. The first-order valence-corrected chi connectivity index (χ1v) is 7.13. The molecule has 0 aliphatic carbocycles. The van der Waals surface area contributed by atoms with Crippen molar-refractivity contribution < 1.29 is 14.7 Å². The molecule has 0 aliphatic heterocycles. The maximum atomic E-state index is 12.6. The van der Waals surface area contributed by atoms with Crippen LogP contribution >= 0.6 is 11.6 Å². The minimum Gasteiger partial charge on any atom is -0.478 e. The topological polar surface area (TPSA) is 83.7 Å². The highest BCUT2D eigenvalue weighted by Crippen LogP contribution is 2.20. The summed E-state index contributed by atoms with van der Waals surface area (Å²) in [6.07, 6.45) is 1.59. The van der Waals surface area contributed by atoms with Crippen LogP contribution in [0.25, 0.3) is 5.65 Å². The summed E-state index contributed by atoms with van der Waals surface area (Å²) in [5.41, 5.74) is 1.66. The summed E-state index contributed by atoms with van der Waals surface area (Å²) < 4.78 is 1.58. The van der Waals surface area contributed by atoms with Gasteiger partial charge in [-0.1, -0.05) is 23.7 Å². The van der Waals surface area contributed by atoms with Crippen LogP contribution in [0.5, 0.6) is 0 Å². The van der Waals surface area contributed by atoms with Gasteiger partial charge in [-0.15, -0.1) is 0 Å². The molecule has 0 unspecified atom stereocenters. The number of carboxylic acid groups (broad SMARTS) is 1. The van der Waals surface area contributed by atoms with Crippen LogP contribution in [0.3, 0.4) is 0 Å². The zero-order valence-corrected chi connectivity index (χ0v) is 12.8. The first kappa shape index (κ1) is 15.1. The van der Waals surface area contributed by atoms with E-state index in [1.54, 1.807) is 41.8 Å². The van der Waals surface area contributed by atoms with Gasteiger partial charge in [-0.25, -0.2) is 9.78 Å². The number of para-hydroxylation sites is 1. The number of fused-ring (bicyclic) bond motifs is 1. The molecule has 0 radical (unpaired) electrons. The predicted octanol–water partition coefficient (Wildman–Crippen LogP) is 3.25. The largest absolute Gasteiger partial charge is 0.478 e. The van der Waals surface area contributed by atoms with Gasteiger partial charge in [-0.2, -0.15) is 0 Å². The fraction of sp³-hybridized carbons (Fsp3) is 0.0625. The molecule has 116 valence electrons. The van der Waals surface area contributed by atoms with Crippen molar-refractivity contribution in [2.45, 2.75) is 6.92 Å². The quantitative estimate of drug-likeness (QED) is 0.772. The number of benzene rings is 1. The molecule has 1 aromatic carbocycles. The summed E-state index contributed by atoms with van der Waals surface area (Å²) in [4.78, 5) is 28.1. The van der Waals surface area contributed by atoms with Crippen molar-refractivity contribution in [3.63, 3.8) is 0 Å². The molecule has 2 heterocycles. The van der Waals surface area contributed by atoms with E-state index < -0.39 is 11.9 Å². The lowest BCUT2D eigenvalue weighted by molar-refractivity contribution is 0.0698. The third kappa shape index (κ3) is 2.76. The monoisotopic (exact) mass is 329 g/mol. The minimum absolute atomic E-state index is 0.0188. The molecule has 0 spiro atoms. The van der Waals surface area contributed by atoms with E-state index in [0.29, 0.717) is 22.1 Å². The Kier molecular flexibility index (Phi) is 3.75. The van der Waals surface area contributed by atoms with E-state index in [9.17, 15) is 14.7 Å². The third-order valence-electron chi connectivity index (χ3n) is 3.38.